The van der Waals surface area contributed by atoms with Crippen LogP contribution in [0.25, 0.3) is 0 Å². The predicted molar refractivity (Wildman–Crippen MR) is 39.2 cm³/mol. The first kappa shape index (κ1) is 10.3. The van der Waals surface area contributed by atoms with E-state index in [1.54, 1.807) is 0 Å². The molecule has 0 aliphatic heterocycles. The minimum atomic E-state index is -4.33. The second kappa shape index (κ2) is 3.55. The number of alkyl halides is 3. The van der Waals surface area contributed by atoms with E-state index in [-0.39, 0.29) is 10.7 Å². The van der Waals surface area contributed by atoms with E-state index in [0.717, 1.165) is 6.20 Å². The molecule has 1 aromatic rings. The van der Waals surface area contributed by atoms with Gasteiger partial charge in [-0.05, 0) is 0 Å². The van der Waals surface area contributed by atoms with Gasteiger partial charge < -0.3 is 5.11 Å². The largest absolute Gasteiger partial charge is 0.408 e. The smallest absolute Gasteiger partial charge is 0.390 e. The van der Waals surface area contributed by atoms with Gasteiger partial charge in [0.25, 0.3) is 0 Å². The lowest BCUT2D eigenvalue weighted by Gasteiger charge is -2.04. The Morgan fingerprint density at radius 2 is 2.15 bits per heavy atom. The zero-order valence-electron chi connectivity index (χ0n) is 6.35. The van der Waals surface area contributed by atoms with Crippen molar-refractivity contribution in [3.8, 4) is 0 Å². The van der Waals surface area contributed by atoms with Gasteiger partial charge in [0.2, 0.25) is 0 Å². The van der Waals surface area contributed by atoms with Crippen LogP contribution in [-0.4, -0.2) is 21.1 Å². The maximum Gasteiger partial charge on any atom is 0.408 e. The van der Waals surface area contributed by atoms with Gasteiger partial charge in [0.15, 0.2) is 0 Å². The van der Waals surface area contributed by atoms with Crippen LogP contribution in [0.5, 0.6) is 0 Å². The van der Waals surface area contributed by atoms with E-state index in [4.69, 9.17) is 16.7 Å². The molecule has 0 fully saturated rings. The molecule has 74 valence electrons. The van der Waals surface area contributed by atoms with Crippen LogP contribution < -0.4 is 0 Å². The Balaban J connectivity index is 2.80. The van der Waals surface area contributed by atoms with Gasteiger partial charge in [-0.25, -0.2) is 0 Å². The molecule has 0 unspecified atom stereocenters. The highest BCUT2D eigenvalue weighted by molar-refractivity contribution is 6.31. The van der Waals surface area contributed by atoms with Gasteiger partial charge >= 0.3 is 6.18 Å². The topological polar surface area (TPSA) is 38.1 Å². The molecule has 0 atom stereocenters. The normalized spacial score (nSPS) is 12.1. The molecule has 1 heterocycles. The fourth-order valence-electron chi connectivity index (χ4n) is 0.809. The van der Waals surface area contributed by atoms with Crippen molar-refractivity contribution >= 4 is 11.6 Å². The van der Waals surface area contributed by atoms with Crippen molar-refractivity contribution < 1.29 is 18.3 Å². The van der Waals surface area contributed by atoms with Crippen molar-refractivity contribution in [1.29, 1.82) is 0 Å². The van der Waals surface area contributed by atoms with Crippen LogP contribution in [0, 0.1) is 0 Å². The molecule has 0 spiro atoms. The third-order valence-corrected chi connectivity index (χ3v) is 1.59. The number of hydrogen-bond acceptors (Lipinski definition) is 2. The number of halogens is 4. The summed E-state index contributed by atoms with van der Waals surface area (Å²) in [6.07, 6.45) is -3.30. The molecule has 7 heteroatoms. The number of hydrogen-bond donors (Lipinski definition) is 1. The van der Waals surface area contributed by atoms with E-state index >= 15 is 0 Å². The summed E-state index contributed by atoms with van der Waals surface area (Å²) in [6, 6.07) is 0. The van der Waals surface area contributed by atoms with E-state index in [1.807, 2.05) is 0 Å². The summed E-state index contributed by atoms with van der Waals surface area (Å²) in [4.78, 5) is 0. The molecule has 0 amide bonds. The Bertz CT molecular complexity index is 297. The molecule has 3 nitrogen and oxygen atoms in total. The molecule has 1 N–H and O–H groups in total. The summed E-state index contributed by atoms with van der Waals surface area (Å²) < 4.78 is 36.1. The Labute approximate surface area is 76.7 Å². The molecule has 0 aliphatic carbocycles. The van der Waals surface area contributed by atoms with Crippen molar-refractivity contribution in [3.05, 3.63) is 16.9 Å². The SMILES string of the molecule is OCc1nn(CC(F)(F)F)cc1Cl. The van der Waals surface area contributed by atoms with E-state index in [2.05, 4.69) is 5.10 Å². The fourth-order valence-corrected chi connectivity index (χ4v) is 1.02. The maximum atomic E-state index is 11.8. The number of nitrogens with zero attached hydrogens (tertiary/aromatic N) is 2. The Kier molecular flexibility index (Phi) is 2.82. The lowest BCUT2D eigenvalue weighted by molar-refractivity contribution is -0.142. The van der Waals surface area contributed by atoms with Crippen LogP contribution in [-0.2, 0) is 13.2 Å². The van der Waals surface area contributed by atoms with E-state index in [0.29, 0.717) is 4.68 Å². The molecule has 0 radical (unpaired) electrons. The van der Waals surface area contributed by atoms with Crippen molar-refractivity contribution in [2.45, 2.75) is 19.3 Å². The standard InChI is InChI=1S/C6H6ClF3N2O/c7-4-1-12(3-6(8,9)10)11-5(4)2-13/h1,13H,2-3H2. The average molecular weight is 215 g/mol. The Morgan fingerprint density at radius 1 is 1.54 bits per heavy atom. The molecular weight excluding hydrogens is 209 g/mol. The molecule has 0 aliphatic rings. The molecule has 1 rings (SSSR count). The van der Waals surface area contributed by atoms with Crippen LogP contribution in [0.15, 0.2) is 6.20 Å². The zero-order valence-corrected chi connectivity index (χ0v) is 7.10. The monoisotopic (exact) mass is 214 g/mol. The van der Waals surface area contributed by atoms with Crippen LogP contribution in [0.3, 0.4) is 0 Å². The van der Waals surface area contributed by atoms with Crippen LogP contribution in [0.2, 0.25) is 5.02 Å². The summed E-state index contributed by atoms with van der Waals surface area (Å²) >= 11 is 5.46. The van der Waals surface area contributed by atoms with Crippen LogP contribution in [0.1, 0.15) is 5.69 Å². The fraction of sp³-hybridized carbons (Fsp3) is 0.500. The molecule has 0 saturated carbocycles. The first-order valence-electron chi connectivity index (χ1n) is 3.32. The number of aromatic nitrogens is 2. The molecule has 0 saturated heterocycles. The summed E-state index contributed by atoms with van der Waals surface area (Å²) in [7, 11) is 0. The highest BCUT2D eigenvalue weighted by Gasteiger charge is 2.28. The van der Waals surface area contributed by atoms with Gasteiger partial charge in [-0.2, -0.15) is 18.3 Å². The minimum absolute atomic E-state index is 0.0340. The van der Waals surface area contributed by atoms with Gasteiger partial charge in [0.05, 0.1) is 11.6 Å². The summed E-state index contributed by atoms with van der Waals surface area (Å²) in [5.74, 6) is 0. The number of aliphatic hydroxyl groups excluding tert-OH is 1. The van der Waals surface area contributed by atoms with Gasteiger partial charge in [-0.3, -0.25) is 4.68 Å². The molecule has 0 aromatic carbocycles. The third-order valence-electron chi connectivity index (χ3n) is 1.28. The lowest BCUT2D eigenvalue weighted by Crippen LogP contribution is -2.18. The molecular formula is C6H6ClF3N2O. The van der Waals surface area contributed by atoms with Crippen LogP contribution in [0.4, 0.5) is 13.2 Å². The van der Waals surface area contributed by atoms with E-state index in [9.17, 15) is 13.2 Å². The Hall–Kier alpha value is -0.750. The van der Waals surface area contributed by atoms with Crippen molar-refractivity contribution in [3.63, 3.8) is 0 Å². The van der Waals surface area contributed by atoms with Gasteiger partial charge in [0.1, 0.15) is 12.2 Å². The van der Waals surface area contributed by atoms with Crippen molar-refractivity contribution in [1.82, 2.24) is 9.78 Å². The quantitative estimate of drug-likeness (QED) is 0.812. The highest BCUT2D eigenvalue weighted by atomic mass is 35.5. The Morgan fingerprint density at radius 3 is 2.54 bits per heavy atom. The minimum Gasteiger partial charge on any atom is -0.390 e. The second-order valence-corrected chi connectivity index (χ2v) is 2.80. The van der Waals surface area contributed by atoms with Gasteiger partial charge in [-0.1, -0.05) is 11.6 Å². The van der Waals surface area contributed by atoms with Gasteiger partial charge in [0, 0.05) is 6.20 Å². The van der Waals surface area contributed by atoms with Crippen molar-refractivity contribution in [2.75, 3.05) is 0 Å². The summed E-state index contributed by atoms with van der Waals surface area (Å²) in [5.41, 5.74) is 0.0471. The molecule has 13 heavy (non-hydrogen) atoms. The number of rotatable bonds is 2. The van der Waals surface area contributed by atoms with Crippen LogP contribution >= 0.6 is 11.6 Å². The third kappa shape index (κ3) is 2.89. The predicted octanol–water partition coefficient (Wildman–Crippen LogP) is 1.59. The lowest BCUT2D eigenvalue weighted by atomic mass is 10.5. The number of aliphatic hydroxyl groups is 1. The highest BCUT2D eigenvalue weighted by Crippen LogP contribution is 2.20. The zero-order chi connectivity index (χ0) is 10.1. The first-order valence-corrected chi connectivity index (χ1v) is 3.69. The molecule has 1 aromatic heterocycles. The van der Waals surface area contributed by atoms with E-state index < -0.39 is 19.3 Å². The average Bonchev–Trinajstić information content (AvgIpc) is 2.26. The maximum absolute atomic E-state index is 11.8. The van der Waals surface area contributed by atoms with E-state index in [1.165, 1.54) is 0 Å². The van der Waals surface area contributed by atoms with Crippen molar-refractivity contribution in [2.24, 2.45) is 0 Å². The summed E-state index contributed by atoms with van der Waals surface area (Å²) in [6.45, 7) is -1.67. The van der Waals surface area contributed by atoms with Gasteiger partial charge in [-0.15, -0.1) is 0 Å². The summed E-state index contributed by atoms with van der Waals surface area (Å²) in [5, 5.41) is 12.1. The molecule has 0 bridgehead atoms. The second-order valence-electron chi connectivity index (χ2n) is 2.39. The first-order chi connectivity index (χ1) is 5.92.